The van der Waals surface area contributed by atoms with E-state index >= 15 is 0 Å². The first kappa shape index (κ1) is 27.9. The van der Waals surface area contributed by atoms with Crippen LogP contribution in [0, 0.1) is 28.6 Å². The van der Waals surface area contributed by atoms with Crippen LogP contribution in [0.3, 0.4) is 0 Å². The molecule has 1 unspecified atom stereocenters. The van der Waals surface area contributed by atoms with Gasteiger partial charge in [-0.15, -0.1) is 0 Å². The van der Waals surface area contributed by atoms with E-state index < -0.39 is 0 Å². The Morgan fingerprint density at radius 3 is 2.19 bits per heavy atom. The van der Waals surface area contributed by atoms with Gasteiger partial charge in [-0.3, -0.25) is 9.59 Å². The van der Waals surface area contributed by atoms with E-state index in [0.29, 0.717) is 24.0 Å². The Balaban J connectivity index is 1.17. The van der Waals surface area contributed by atoms with Gasteiger partial charge in [0.15, 0.2) is 5.78 Å². The third-order valence-electron chi connectivity index (χ3n) is 11.1. The van der Waals surface area contributed by atoms with E-state index in [2.05, 4.69) is 20.8 Å². The number of hydrogen-bond donors (Lipinski definition) is 0. The summed E-state index contributed by atoms with van der Waals surface area (Å²) < 4.78 is 6.21. The Labute approximate surface area is 221 Å². The summed E-state index contributed by atoms with van der Waals surface area (Å²) >= 11 is 0. The molecule has 0 aromatic heterocycles. The molecule has 3 nitrogen and oxygen atoms in total. The van der Waals surface area contributed by atoms with Gasteiger partial charge in [0, 0.05) is 18.3 Å². The number of ketones is 1. The fourth-order valence-electron chi connectivity index (χ4n) is 8.86. The van der Waals surface area contributed by atoms with Crippen LogP contribution in [0.15, 0.2) is 11.6 Å². The number of carbonyl (C=O) groups is 2. The standard InChI is InChI=1S/C33H54O3/c1-4-5-6-7-8-9-10-11-12-13-14-15-31(35)36-30-19-18-28-27-17-16-25-24-26(34)20-22-32(25,2)29(27)21-23-33(28,30)3/h24,27-30H,4-23H2,1-3H3/t27-,28-,29-,30?,32-,33-/m0/s1. The zero-order chi connectivity index (χ0) is 25.6. The fourth-order valence-corrected chi connectivity index (χ4v) is 8.86. The molecule has 0 aromatic carbocycles. The number of hydrogen-bond acceptors (Lipinski definition) is 3. The minimum atomic E-state index is 0.0477. The van der Waals surface area contributed by atoms with Crippen molar-refractivity contribution < 1.29 is 14.3 Å². The van der Waals surface area contributed by atoms with E-state index in [4.69, 9.17) is 4.74 Å². The van der Waals surface area contributed by atoms with Crippen molar-refractivity contribution in [2.24, 2.45) is 28.6 Å². The first-order chi connectivity index (χ1) is 17.4. The van der Waals surface area contributed by atoms with E-state index in [1.807, 2.05) is 6.08 Å². The number of unbranched alkanes of at least 4 members (excludes halogenated alkanes) is 10. The van der Waals surface area contributed by atoms with E-state index in [-0.39, 0.29) is 22.9 Å². The topological polar surface area (TPSA) is 43.4 Å². The molecule has 3 fully saturated rings. The van der Waals surface area contributed by atoms with Crippen LogP contribution in [0.25, 0.3) is 0 Å². The summed E-state index contributed by atoms with van der Waals surface area (Å²) in [5, 5.41) is 0. The third kappa shape index (κ3) is 6.12. The predicted molar refractivity (Wildman–Crippen MR) is 148 cm³/mol. The average Bonchev–Trinajstić information content (AvgIpc) is 3.19. The normalized spacial score (nSPS) is 35.5. The number of carbonyl (C=O) groups excluding carboxylic acids is 2. The molecule has 0 radical (unpaired) electrons. The minimum Gasteiger partial charge on any atom is -0.462 e. The van der Waals surface area contributed by atoms with Crippen molar-refractivity contribution >= 4 is 11.8 Å². The number of rotatable bonds is 13. The lowest BCUT2D eigenvalue weighted by molar-refractivity contribution is -0.160. The Morgan fingerprint density at radius 2 is 1.50 bits per heavy atom. The highest BCUT2D eigenvalue weighted by molar-refractivity contribution is 5.91. The van der Waals surface area contributed by atoms with Crippen LogP contribution in [0.5, 0.6) is 0 Å². The van der Waals surface area contributed by atoms with Gasteiger partial charge in [-0.25, -0.2) is 0 Å². The summed E-state index contributed by atoms with van der Waals surface area (Å²) in [4.78, 5) is 24.8. The second kappa shape index (κ2) is 12.6. The number of ether oxygens (including phenoxy) is 1. The highest BCUT2D eigenvalue weighted by Crippen LogP contribution is 2.65. The quantitative estimate of drug-likeness (QED) is 0.188. The summed E-state index contributed by atoms with van der Waals surface area (Å²) in [6.07, 6.45) is 25.8. The van der Waals surface area contributed by atoms with Crippen molar-refractivity contribution in [3.8, 4) is 0 Å². The summed E-state index contributed by atoms with van der Waals surface area (Å²) in [5.74, 6) is 2.50. The zero-order valence-electron chi connectivity index (χ0n) is 23.8. The van der Waals surface area contributed by atoms with E-state index in [1.54, 1.807) is 0 Å². The Morgan fingerprint density at radius 1 is 0.833 bits per heavy atom. The fraction of sp³-hybridized carbons (Fsp3) is 0.879. The average molecular weight is 499 g/mol. The maximum atomic E-state index is 12.8. The van der Waals surface area contributed by atoms with Gasteiger partial charge in [0.25, 0.3) is 0 Å². The molecule has 0 spiro atoms. The molecule has 4 rings (SSSR count). The molecule has 6 atom stereocenters. The molecule has 36 heavy (non-hydrogen) atoms. The molecular weight excluding hydrogens is 444 g/mol. The number of allylic oxidation sites excluding steroid dienone is 1. The second-order valence-corrected chi connectivity index (χ2v) is 13.4. The van der Waals surface area contributed by atoms with Gasteiger partial charge in [-0.1, -0.05) is 90.6 Å². The number of esters is 1. The first-order valence-electron chi connectivity index (χ1n) is 15.8. The van der Waals surface area contributed by atoms with Crippen LogP contribution in [-0.4, -0.2) is 17.9 Å². The molecule has 4 aliphatic carbocycles. The van der Waals surface area contributed by atoms with Crippen LogP contribution >= 0.6 is 0 Å². The molecule has 4 aliphatic rings. The van der Waals surface area contributed by atoms with E-state index in [9.17, 15) is 9.59 Å². The third-order valence-corrected chi connectivity index (χ3v) is 11.1. The van der Waals surface area contributed by atoms with Crippen molar-refractivity contribution in [2.75, 3.05) is 0 Å². The zero-order valence-corrected chi connectivity index (χ0v) is 23.8. The lowest BCUT2D eigenvalue weighted by Gasteiger charge is -2.57. The molecule has 204 valence electrons. The molecule has 0 saturated heterocycles. The molecule has 0 aliphatic heterocycles. The van der Waals surface area contributed by atoms with Gasteiger partial charge in [0.05, 0.1) is 0 Å². The van der Waals surface area contributed by atoms with Crippen molar-refractivity contribution in [3.05, 3.63) is 11.6 Å². The van der Waals surface area contributed by atoms with Gasteiger partial charge < -0.3 is 4.74 Å². The highest BCUT2D eigenvalue weighted by Gasteiger charge is 2.59. The van der Waals surface area contributed by atoms with E-state index in [1.165, 1.54) is 89.0 Å². The van der Waals surface area contributed by atoms with Crippen molar-refractivity contribution in [1.29, 1.82) is 0 Å². The van der Waals surface area contributed by atoms with Crippen LogP contribution in [-0.2, 0) is 14.3 Å². The second-order valence-electron chi connectivity index (χ2n) is 13.4. The van der Waals surface area contributed by atoms with Crippen molar-refractivity contribution in [1.82, 2.24) is 0 Å². The largest absolute Gasteiger partial charge is 0.462 e. The van der Waals surface area contributed by atoms with Gasteiger partial charge in [-0.2, -0.15) is 0 Å². The van der Waals surface area contributed by atoms with Gasteiger partial charge >= 0.3 is 5.97 Å². The minimum absolute atomic E-state index is 0.0477. The predicted octanol–water partition coefficient (Wildman–Crippen LogP) is 9.13. The first-order valence-corrected chi connectivity index (χ1v) is 15.8. The van der Waals surface area contributed by atoms with E-state index in [0.717, 1.165) is 44.4 Å². The smallest absolute Gasteiger partial charge is 0.306 e. The molecule has 0 N–H and O–H groups in total. The maximum absolute atomic E-state index is 12.8. The van der Waals surface area contributed by atoms with Crippen LogP contribution in [0.2, 0.25) is 0 Å². The maximum Gasteiger partial charge on any atom is 0.306 e. The molecule has 0 heterocycles. The Bertz CT molecular complexity index is 784. The van der Waals surface area contributed by atoms with Crippen molar-refractivity contribution in [2.45, 2.75) is 155 Å². The monoisotopic (exact) mass is 498 g/mol. The lowest BCUT2D eigenvalue weighted by Crippen LogP contribution is -2.51. The van der Waals surface area contributed by atoms with Gasteiger partial charge in [-0.05, 0) is 80.6 Å². The summed E-state index contributed by atoms with van der Waals surface area (Å²) in [7, 11) is 0. The van der Waals surface area contributed by atoms with Crippen LogP contribution in [0.4, 0.5) is 0 Å². The molecule has 0 aromatic rings. The highest BCUT2D eigenvalue weighted by atomic mass is 16.5. The molecule has 3 heteroatoms. The van der Waals surface area contributed by atoms with Gasteiger partial charge in [0.1, 0.15) is 6.10 Å². The summed E-state index contributed by atoms with van der Waals surface area (Å²) in [6, 6.07) is 0. The van der Waals surface area contributed by atoms with Crippen LogP contribution in [0.1, 0.15) is 149 Å². The van der Waals surface area contributed by atoms with Crippen molar-refractivity contribution in [3.63, 3.8) is 0 Å². The molecule has 3 saturated carbocycles. The SMILES string of the molecule is CCCCCCCCCCCCCC(=O)OC1CC[C@H]2[C@@H]3CCC4=CC(=O)CC[C@]4(C)[C@H]3CC[C@]12C. The van der Waals surface area contributed by atoms with Gasteiger partial charge in [0.2, 0.25) is 0 Å². The van der Waals surface area contributed by atoms with Crippen LogP contribution < -0.4 is 0 Å². The molecule has 0 amide bonds. The Hall–Kier alpha value is -1.12. The lowest BCUT2D eigenvalue weighted by atomic mass is 9.47. The summed E-state index contributed by atoms with van der Waals surface area (Å²) in [5.41, 5.74) is 1.81. The Kier molecular flexibility index (Phi) is 9.78. The number of fused-ring (bicyclic) bond motifs is 5. The molecule has 0 bridgehead atoms. The summed E-state index contributed by atoms with van der Waals surface area (Å²) in [6.45, 7) is 7.15. The molecular formula is C33H54O3.